The number of aromatic hydroxyl groups is 1. The second-order valence-corrected chi connectivity index (χ2v) is 7.02. The van der Waals surface area contributed by atoms with Gasteiger partial charge in [-0.2, -0.15) is 20.1 Å². The van der Waals surface area contributed by atoms with Crippen LogP contribution in [-0.4, -0.2) is 57.4 Å². The van der Waals surface area contributed by atoms with Crippen LogP contribution in [0.1, 0.15) is 31.2 Å². The minimum Gasteiger partial charge on any atom is -0.507 e. The van der Waals surface area contributed by atoms with Crippen molar-refractivity contribution in [3.63, 3.8) is 0 Å². The van der Waals surface area contributed by atoms with Gasteiger partial charge in [0, 0.05) is 43.9 Å². The predicted molar refractivity (Wildman–Crippen MR) is 109 cm³/mol. The van der Waals surface area contributed by atoms with Gasteiger partial charge >= 0.3 is 0 Å². The number of phenols is 1. The average molecular weight is 398 g/mol. The molecule has 152 valence electrons. The lowest BCUT2D eigenvalue weighted by Crippen LogP contribution is -2.25. The molecule has 0 saturated carbocycles. The number of benzene rings is 1. The van der Waals surface area contributed by atoms with Crippen LogP contribution in [0.4, 0.5) is 23.5 Å². The first-order valence-corrected chi connectivity index (χ1v) is 9.62. The van der Waals surface area contributed by atoms with E-state index in [9.17, 15) is 15.2 Å². The van der Waals surface area contributed by atoms with Gasteiger partial charge in [-0.15, -0.1) is 0 Å². The van der Waals surface area contributed by atoms with Gasteiger partial charge in [-0.3, -0.25) is 10.1 Å². The van der Waals surface area contributed by atoms with Gasteiger partial charge in [0.2, 0.25) is 17.8 Å². The van der Waals surface area contributed by atoms with Crippen molar-refractivity contribution in [2.24, 2.45) is 5.10 Å². The topological polar surface area (TPSA) is 133 Å². The number of rotatable bonds is 6. The first kappa shape index (κ1) is 18.8. The second-order valence-electron chi connectivity index (χ2n) is 7.02. The van der Waals surface area contributed by atoms with Gasteiger partial charge in [0.1, 0.15) is 5.75 Å². The Labute approximate surface area is 167 Å². The Balaban J connectivity index is 1.56. The van der Waals surface area contributed by atoms with Crippen LogP contribution in [0, 0.1) is 10.1 Å². The van der Waals surface area contributed by atoms with Crippen LogP contribution in [0.2, 0.25) is 0 Å². The van der Waals surface area contributed by atoms with Crippen LogP contribution in [0.25, 0.3) is 0 Å². The molecule has 1 aromatic heterocycles. The first-order chi connectivity index (χ1) is 14.1. The standard InChI is InChI=1S/C18H22N8O3/c27-15-6-5-14(26(28)29)11-13(15)12-19-23-16-20-17(24-7-1-2-8-24)22-18(21-16)25-9-3-4-10-25/h5-6,11-12,27H,1-4,7-10H2,(H,20,21,22,23)/b19-12-. The summed E-state index contributed by atoms with van der Waals surface area (Å²) in [5.41, 5.74) is 2.86. The maximum atomic E-state index is 10.9. The van der Waals surface area contributed by atoms with Crippen LogP contribution in [-0.2, 0) is 0 Å². The summed E-state index contributed by atoms with van der Waals surface area (Å²) in [5, 5.41) is 24.9. The first-order valence-electron chi connectivity index (χ1n) is 9.62. The predicted octanol–water partition coefficient (Wildman–Crippen LogP) is 2.13. The molecule has 2 fully saturated rings. The lowest BCUT2D eigenvalue weighted by atomic mass is 10.2. The van der Waals surface area contributed by atoms with Crippen molar-refractivity contribution >= 4 is 29.7 Å². The third-order valence-electron chi connectivity index (χ3n) is 4.98. The molecule has 2 aromatic rings. The van der Waals surface area contributed by atoms with Crippen LogP contribution in [0.5, 0.6) is 5.75 Å². The molecule has 11 nitrogen and oxygen atoms in total. The molecule has 11 heteroatoms. The van der Waals surface area contributed by atoms with Crippen LogP contribution in [0.3, 0.4) is 0 Å². The number of nitrogens with zero attached hydrogens (tertiary/aromatic N) is 7. The zero-order valence-corrected chi connectivity index (χ0v) is 15.9. The molecule has 2 saturated heterocycles. The quantitative estimate of drug-likeness (QED) is 0.426. The summed E-state index contributed by atoms with van der Waals surface area (Å²) in [6.07, 6.45) is 5.74. The number of anilines is 3. The number of hydrogen-bond acceptors (Lipinski definition) is 10. The van der Waals surface area contributed by atoms with E-state index in [0.29, 0.717) is 17.8 Å². The summed E-state index contributed by atoms with van der Waals surface area (Å²) in [7, 11) is 0. The average Bonchev–Trinajstić information content (AvgIpc) is 3.43. The lowest BCUT2D eigenvalue weighted by molar-refractivity contribution is -0.384. The number of aromatic nitrogens is 3. The molecule has 29 heavy (non-hydrogen) atoms. The highest BCUT2D eigenvalue weighted by atomic mass is 16.6. The summed E-state index contributed by atoms with van der Waals surface area (Å²) >= 11 is 0. The third-order valence-corrected chi connectivity index (χ3v) is 4.98. The van der Waals surface area contributed by atoms with Gasteiger partial charge < -0.3 is 14.9 Å². The van der Waals surface area contributed by atoms with E-state index in [1.807, 2.05) is 0 Å². The smallest absolute Gasteiger partial charge is 0.270 e. The normalized spacial score (nSPS) is 16.7. The highest BCUT2D eigenvalue weighted by Gasteiger charge is 2.21. The summed E-state index contributed by atoms with van der Waals surface area (Å²) in [5.74, 6) is 1.43. The Morgan fingerprint density at radius 3 is 2.17 bits per heavy atom. The van der Waals surface area contributed by atoms with E-state index >= 15 is 0 Å². The van der Waals surface area contributed by atoms with Gasteiger partial charge in [-0.25, -0.2) is 5.43 Å². The van der Waals surface area contributed by atoms with Gasteiger partial charge in [0.05, 0.1) is 11.1 Å². The molecule has 0 bridgehead atoms. The molecule has 0 unspecified atom stereocenters. The molecule has 4 rings (SSSR count). The summed E-state index contributed by atoms with van der Waals surface area (Å²) < 4.78 is 0. The second kappa shape index (κ2) is 8.25. The van der Waals surface area contributed by atoms with Crippen molar-refractivity contribution in [2.45, 2.75) is 25.7 Å². The minimum atomic E-state index is -0.527. The van der Waals surface area contributed by atoms with Gasteiger partial charge in [0.15, 0.2) is 0 Å². The number of non-ortho nitro benzene ring substituents is 1. The number of phenolic OH excluding ortho intramolecular Hbond substituents is 1. The number of nitro benzene ring substituents is 1. The van der Waals surface area contributed by atoms with Crippen molar-refractivity contribution in [1.29, 1.82) is 0 Å². The zero-order chi connectivity index (χ0) is 20.2. The molecule has 2 aliphatic rings. The lowest BCUT2D eigenvalue weighted by Gasteiger charge is -2.20. The van der Waals surface area contributed by atoms with E-state index in [2.05, 4.69) is 35.3 Å². The Hall–Kier alpha value is -3.50. The number of hydrazone groups is 1. The Kier molecular flexibility index (Phi) is 5.36. The van der Waals surface area contributed by atoms with E-state index < -0.39 is 4.92 Å². The van der Waals surface area contributed by atoms with Gasteiger partial charge in [0.25, 0.3) is 5.69 Å². The number of hydrogen-bond donors (Lipinski definition) is 2. The van der Waals surface area contributed by atoms with Crippen molar-refractivity contribution < 1.29 is 10.0 Å². The molecule has 0 atom stereocenters. The number of nitro groups is 1. The largest absolute Gasteiger partial charge is 0.507 e. The Morgan fingerprint density at radius 2 is 1.62 bits per heavy atom. The zero-order valence-electron chi connectivity index (χ0n) is 15.9. The van der Waals surface area contributed by atoms with E-state index in [0.717, 1.165) is 51.9 Å². The molecular weight excluding hydrogens is 376 g/mol. The van der Waals surface area contributed by atoms with E-state index in [4.69, 9.17) is 0 Å². The fraction of sp³-hybridized carbons (Fsp3) is 0.444. The summed E-state index contributed by atoms with van der Waals surface area (Å²) in [6.45, 7) is 3.64. The molecule has 3 heterocycles. The summed E-state index contributed by atoms with van der Waals surface area (Å²) in [4.78, 5) is 28.2. The molecule has 0 amide bonds. The van der Waals surface area contributed by atoms with Crippen LogP contribution < -0.4 is 15.2 Å². The van der Waals surface area contributed by atoms with E-state index in [-0.39, 0.29) is 17.0 Å². The third kappa shape index (κ3) is 4.33. The molecule has 2 N–H and O–H groups in total. The maximum absolute atomic E-state index is 10.9. The molecule has 0 radical (unpaired) electrons. The van der Waals surface area contributed by atoms with Crippen molar-refractivity contribution in [3.8, 4) is 5.75 Å². The van der Waals surface area contributed by atoms with E-state index in [1.54, 1.807) is 0 Å². The monoisotopic (exact) mass is 398 g/mol. The van der Waals surface area contributed by atoms with Crippen molar-refractivity contribution in [2.75, 3.05) is 41.4 Å². The maximum Gasteiger partial charge on any atom is 0.270 e. The van der Waals surface area contributed by atoms with Crippen LogP contribution >= 0.6 is 0 Å². The SMILES string of the molecule is O=[N+]([O-])c1ccc(O)c(/C=N\Nc2nc(N3CCCC3)nc(N3CCCC3)n2)c1. The van der Waals surface area contributed by atoms with Gasteiger partial charge in [-0.1, -0.05) is 0 Å². The summed E-state index contributed by atoms with van der Waals surface area (Å²) in [6, 6.07) is 3.75. The Bertz CT molecular complexity index is 889. The Morgan fingerprint density at radius 1 is 1.03 bits per heavy atom. The highest BCUT2D eigenvalue weighted by molar-refractivity contribution is 5.84. The fourth-order valence-electron chi connectivity index (χ4n) is 3.44. The van der Waals surface area contributed by atoms with Gasteiger partial charge in [-0.05, 0) is 31.7 Å². The molecule has 0 aliphatic carbocycles. The van der Waals surface area contributed by atoms with Crippen molar-refractivity contribution in [3.05, 3.63) is 33.9 Å². The molecule has 0 spiro atoms. The molecular formula is C18H22N8O3. The highest BCUT2D eigenvalue weighted by Crippen LogP contribution is 2.23. The number of nitrogens with one attached hydrogen (secondary N) is 1. The van der Waals surface area contributed by atoms with E-state index in [1.165, 1.54) is 24.4 Å². The van der Waals surface area contributed by atoms with Crippen LogP contribution in [0.15, 0.2) is 23.3 Å². The molecule has 1 aromatic carbocycles. The minimum absolute atomic E-state index is 0.104. The fourth-order valence-corrected chi connectivity index (χ4v) is 3.44. The molecule has 2 aliphatic heterocycles. The van der Waals surface area contributed by atoms with Crippen molar-refractivity contribution in [1.82, 2.24) is 15.0 Å².